The number of ketones is 1. The highest BCUT2D eigenvalue weighted by Gasteiger charge is 2.32. The highest BCUT2D eigenvalue weighted by atomic mass is 32.2. The van der Waals surface area contributed by atoms with Crippen molar-refractivity contribution in [1.82, 2.24) is 21.3 Å². The van der Waals surface area contributed by atoms with Gasteiger partial charge in [-0.3, -0.25) is 24.0 Å². The van der Waals surface area contributed by atoms with E-state index in [0.29, 0.717) is 30.9 Å². The van der Waals surface area contributed by atoms with Crippen molar-refractivity contribution >= 4 is 41.2 Å². The third-order valence-electron chi connectivity index (χ3n) is 4.95. The second-order valence-corrected chi connectivity index (χ2v) is 10.7. The number of rotatable bonds is 16. The average molecular weight is 501 g/mol. The van der Waals surface area contributed by atoms with Crippen LogP contribution in [0.5, 0.6) is 0 Å². The fourth-order valence-electron chi connectivity index (χ4n) is 3.26. The molecule has 0 saturated heterocycles. The summed E-state index contributed by atoms with van der Waals surface area (Å²) in [6.07, 6.45) is 3.69. The maximum absolute atomic E-state index is 13.1. The third-order valence-corrected chi connectivity index (χ3v) is 5.60. The molecule has 196 valence electrons. The van der Waals surface area contributed by atoms with Gasteiger partial charge in [-0.1, -0.05) is 27.7 Å². The van der Waals surface area contributed by atoms with Crippen LogP contribution in [0.3, 0.4) is 0 Å². The molecule has 0 aliphatic heterocycles. The number of carbonyl (C=O) groups is 5. The van der Waals surface area contributed by atoms with Crippen LogP contribution in [0.4, 0.5) is 0 Å². The van der Waals surface area contributed by atoms with Gasteiger partial charge in [-0.05, 0) is 63.4 Å². The van der Waals surface area contributed by atoms with Gasteiger partial charge in [0.2, 0.25) is 23.5 Å². The number of carbonyl (C=O) groups excluding carboxylic acids is 5. The molecular weight excluding hydrogens is 456 g/mol. The van der Waals surface area contributed by atoms with Crippen LogP contribution in [0.1, 0.15) is 74.1 Å². The lowest BCUT2D eigenvalue weighted by molar-refractivity contribution is -0.140. The van der Waals surface area contributed by atoms with Gasteiger partial charge in [0.25, 0.3) is 5.91 Å². The van der Waals surface area contributed by atoms with E-state index in [1.54, 1.807) is 13.8 Å². The van der Waals surface area contributed by atoms with Crippen LogP contribution < -0.4 is 21.3 Å². The molecule has 0 aromatic heterocycles. The zero-order valence-corrected chi connectivity index (χ0v) is 22.8. The summed E-state index contributed by atoms with van der Waals surface area (Å²) in [7, 11) is 0. The summed E-state index contributed by atoms with van der Waals surface area (Å²) < 4.78 is 0. The van der Waals surface area contributed by atoms with Gasteiger partial charge in [0.1, 0.15) is 12.1 Å². The minimum absolute atomic E-state index is 0.0792. The van der Waals surface area contributed by atoms with Crippen LogP contribution in [0, 0.1) is 11.8 Å². The molecule has 0 spiro atoms. The highest BCUT2D eigenvalue weighted by Crippen LogP contribution is 2.11. The molecule has 4 amide bonds. The third kappa shape index (κ3) is 13.6. The van der Waals surface area contributed by atoms with Crippen molar-refractivity contribution in [2.45, 2.75) is 98.3 Å². The maximum atomic E-state index is 13.1. The molecule has 0 fully saturated rings. The number of amides is 4. The number of hydrogen-bond donors (Lipinski definition) is 4. The van der Waals surface area contributed by atoms with Gasteiger partial charge in [-0.2, -0.15) is 11.8 Å². The van der Waals surface area contributed by atoms with Gasteiger partial charge < -0.3 is 21.3 Å². The van der Waals surface area contributed by atoms with E-state index >= 15 is 0 Å². The first kappa shape index (κ1) is 31.9. The molecule has 0 aromatic carbocycles. The SMILES string of the molecule is CSCC[C@H](NC(=O)[C@H](CC(C)C)NC(=O)[C@H](CCC(C)C)NC(C)=O)C(=O)C(=O)NC(C)C. The van der Waals surface area contributed by atoms with Crippen LogP contribution in [-0.4, -0.2) is 65.6 Å². The molecule has 0 bridgehead atoms. The van der Waals surface area contributed by atoms with E-state index in [-0.39, 0.29) is 17.9 Å². The second-order valence-electron chi connectivity index (χ2n) is 9.75. The number of nitrogens with one attached hydrogen (secondary N) is 4. The Morgan fingerprint density at radius 2 is 1.24 bits per heavy atom. The monoisotopic (exact) mass is 500 g/mol. The smallest absolute Gasteiger partial charge is 0.289 e. The highest BCUT2D eigenvalue weighted by molar-refractivity contribution is 7.98. The van der Waals surface area contributed by atoms with Crippen molar-refractivity contribution in [1.29, 1.82) is 0 Å². The van der Waals surface area contributed by atoms with Gasteiger partial charge in [-0.25, -0.2) is 0 Å². The van der Waals surface area contributed by atoms with Gasteiger partial charge in [0, 0.05) is 13.0 Å². The molecule has 34 heavy (non-hydrogen) atoms. The van der Waals surface area contributed by atoms with E-state index in [2.05, 4.69) is 21.3 Å². The summed E-state index contributed by atoms with van der Waals surface area (Å²) in [5, 5.41) is 10.7. The summed E-state index contributed by atoms with van der Waals surface area (Å²) in [5.41, 5.74) is 0. The Labute approximate surface area is 208 Å². The van der Waals surface area contributed by atoms with E-state index in [1.165, 1.54) is 18.7 Å². The predicted molar refractivity (Wildman–Crippen MR) is 136 cm³/mol. The standard InChI is InChI=1S/C24H44N4O5S/c1-14(2)9-10-19(26-17(7)29)22(31)28-20(13-15(3)4)23(32)27-18(11-12-34-8)21(30)24(33)25-16(5)6/h14-16,18-20H,9-13H2,1-8H3,(H,25,33)(H,26,29)(H,27,32)(H,28,31)/t18-,19-,20-/m0/s1. The summed E-state index contributed by atoms with van der Waals surface area (Å²) in [6.45, 7) is 12.7. The van der Waals surface area contributed by atoms with E-state index in [9.17, 15) is 24.0 Å². The molecule has 3 atom stereocenters. The van der Waals surface area contributed by atoms with Crippen LogP contribution in [0.15, 0.2) is 0 Å². The molecular formula is C24H44N4O5S. The Kier molecular flexibility index (Phi) is 15.5. The maximum Gasteiger partial charge on any atom is 0.289 e. The molecule has 0 heterocycles. The minimum atomic E-state index is -0.989. The molecule has 0 rings (SSSR count). The average Bonchev–Trinajstić information content (AvgIpc) is 2.71. The fraction of sp³-hybridized carbons (Fsp3) is 0.792. The fourth-order valence-corrected chi connectivity index (χ4v) is 3.73. The Balaban J connectivity index is 5.57. The van der Waals surface area contributed by atoms with E-state index in [4.69, 9.17) is 0 Å². The molecule has 4 N–H and O–H groups in total. The van der Waals surface area contributed by atoms with Gasteiger partial charge >= 0.3 is 0 Å². The minimum Gasteiger partial charge on any atom is -0.347 e. The number of hydrogen-bond acceptors (Lipinski definition) is 6. The van der Waals surface area contributed by atoms with Crippen LogP contribution in [-0.2, 0) is 24.0 Å². The Morgan fingerprint density at radius 1 is 0.676 bits per heavy atom. The van der Waals surface area contributed by atoms with E-state index in [1.807, 2.05) is 34.0 Å². The molecule has 0 saturated carbocycles. The van der Waals surface area contributed by atoms with Crippen molar-refractivity contribution in [3.05, 3.63) is 0 Å². The van der Waals surface area contributed by atoms with Crippen LogP contribution >= 0.6 is 11.8 Å². The lowest BCUT2D eigenvalue weighted by Gasteiger charge is -2.26. The van der Waals surface area contributed by atoms with Crippen LogP contribution in [0.2, 0.25) is 0 Å². The summed E-state index contributed by atoms with van der Waals surface area (Å²) in [4.78, 5) is 62.7. The van der Waals surface area contributed by atoms with E-state index in [0.717, 1.165) is 6.42 Å². The molecule has 0 aromatic rings. The summed E-state index contributed by atoms with van der Waals surface area (Å²) in [5.74, 6) is -1.75. The van der Waals surface area contributed by atoms with Crippen LogP contribution in [0.25, 0.3) is 0 Å². The Hall–Kier alpha value is -2.10. The van der Waals surface area contributed by atoms with Crippen molar-refractivity contribution in [2.75, 3.05) is 12.0 Å². The summed E-state index contributed by atoms with van der Waals surface area (Å²) in [6, 6.07) is -2.86. The largest absolute Gasteiger partial charge is 0.347 e. The quantitative estimate of drug-likeness (QED) is 0.239. The molecule has 0 unspecified atom stereocenters. The molecule has 10 heteroatoms. The second kappa shape index (κ2) is 16.5. The van der Waals surface area contributed by atoms with E-state index < -0.39 is 41.6 Å². The molecule has 0 aliphatic carbocycles. The predicted octanol–water partition coefficient (Wildman–Crippen LogP) is 1.79. The first-order valence-corrected chi connectivity index (χ1v) is 13.4. The van der Waals surface area contributed by atoms with Crippen molar-refractivity contribution in [3.8, 4) is 0 Å². The Bertz CT molecular complexity index is 697. The Morgan fingerprint density at radius 3 is 1.71 bits per heavy atom. The van der Waals surface area contributed by atoms with Gasteiger partial charge in [-0.15, -0.1) is 0 Å². The molecule has 9 nitrogen and oxygen atoms in total. The lowest BCUT2D eigenvalue weighted by atomic mass is 9.99. The van der Waals surface area contributed by atoms with Gasteiger partial charge in [0.15, 0.2) is 0 Å². The number of thioether (sulfide) groups is 1. The number of Topliss-reactive ketones (excluding diaryl/α,β-unsaturated/α-hetero) is 1. The summed E-state index contributed by atoms with van der Waals surface area (Å²) >= 11 is 1.50. The normalized spacial score (nSPS) is 13.9. The molecule has 0 radical (unpaired) electrons. The van der Waals surface area contributed by atoms with Gasteiger partial charge in [0.05, 0.1) is 6.04 Å². The topological polar surface area (TPSA) is 133 Å². The lowest BCUT2D eigenvalue weighted by Crippen LogP contribution is -2.57. The molecule has 0 aliphatic rings. The van der Waals surface area contributed by atoms with Crippen molar-refractivity contribution < 1.29 is 24.0 Å². The first-order valence-electron chi connectivity index (χ1n) is 12.0. The zero-order valence-electron chi connectivity index (χ0n) is 21.9. The van der Waals surface area contributed by atoms with Crippen molar-refractivity contribution in [3.63, 3.8) is 0 Å². The first-order chi connectivity index (χ1) is 15.8. The zero-order chi connectivity index (χ0) is 26.4. The van der Waals surface area contributed by atoms with Crippen molar-refractivity contribution in [2.24, 2.45) is 11.8 Å².